The van der Waals surface area contributed by atoms with Gasteiger partial charge in [0.2, 0.25) is 0 Å². The molecule has 1 N–H and O–H groups in total. The fraction of sp³-hybridized carbons (Fsp3) is 0.333. The summed E-state index contributed by atoms with van der Waals surface area (Å²) in [6, 6.07) is 6.94. The molecule has 0 aliphatic carbocycles. The number of ether oxygens (including phenoxy) is 1. The highest BCUT2D eigenvalue weighted by Crippen LogP contribution is 2.21. The van der Waals surface area contributed by atoms with Crippen LogP contribution in [0.15, 0.2) is 47.0 Å². The van der Waals surface area contributed by atoms with E-state index in [1.165, 1.54) is 4.88 Å². The number of hydrogen-bond donors (Lipinski definition) is 1. The molecule has 0 aromatic carbocycles. The van der Waals surface area contributed by atoms with E-state index in [4.69, 9.17) is 4.74 Å². The largest absolute Gasteiger partial charge is 0.377 e. The van der Waals surface area contributed by atoms with E-state index in [0.29, 0.717) is 19.8 Å². The molecule has 2 unspecified atom stereocenters. The molecule has 2 atom stereocenters. The summed E-state index contributed by atoms with van der Waals surface area (Å²) in [5.74, 6) is 0. The van der Waals surface area contributed by atoms with Gasteiger partial charge in [-0.1, -0.05) is 0 Å². The van der Waals surface area contributed by atoms with Crippen LogP contribution in [0.5, 0.6) is 0 Å². The predicted molar refractivity (Wildman–Crippen MR) is 99.1 cm³/mol. The maximum Gasteiger partial charge on any atom is 0.267 e. The van der Waals surface area contributed by atoms with Gasteiger partial charge in [-0.05, 0) is 25.1 Å². The summed E-state index contributed by atoms with van der Waals surface area (Å²) in [5.41, 5.74) is 4.43. The van der Waals surface area contributed by atoms with E-state index in [-0.39, 0.29) is 17.6 Å². The topological polar surface area (TPSA) is 81.9 Å². The van der Waals surface area contributed by atoms with Gasteiger partial charge in [-0.3, -0.25) is 9.78 Å². The summed E-state index contributed by atoms with van der Waals surface area (Å²) in [7, 11) is 0. The number of aryl methyl sites for hydroxylation is 1. The third-order valence-electron chi connectivity index (χ3n) is 4.54. The van der Waals surface area contributed by atoms with Crippen molar-refractivity contribution in [1.82, 2.24) is 25.1 Å². The van der Waals surface area contributed by atoms with Crippen molar-refractivity contribution in [3.63, 3.8) is 0 Å². The Balaban J connectivity index is 1.57. The van der Waals surface area contributed by atoms with Crippen LogP contribution in [-0.4, -0.2) is 39.0 Å². The van der Waals surface area contributed by atoms with Crippen LogP contribution in [0.4, 0.5) is 0 Å². The summed E-state index contributed by atoms with van der Waals surface area (Å²) in [4.78, 5) is 21.9. The molecule has 1 aliphatic rings. The van der Waals surface area contributed by atoms with Gasteiger partial charge in [0.25, 0.3) is 5.56 Å². The van der Waals surface area contributed by atoms with Crippen molar-refractivity contribution in [1.29, 1.82) is 0 Å². The van der Waals surface area contributed by atoms with E-state index in [9.17, 15) is 4.79 Å². The maximum absolute atomic E-state index is 12.4. The molecule has 0 bridgehead atoms. The van der Waals surface area contributed by atoms with Gasteiger partial charge in [-0.15, -0.1) is 11.3 Å². The third kappa shape index (κ3) is 3.44. The molecule has 1 saturated heterocycles. The molecule has 134 valence electrons. The Morgan fingerprint density at radius 1 is 1.27 bits per heavy atom. The van der Waals surface area contributed by atoms with Crippen LogP contribution in [0, 0.1) is 6.92 Å². The molecule has 0 radical (unpaired) electrons. The normalized spacial score (nSPS) is 19.7. The lowest BCUT2D eigenvalue weighted by Crippen LogP contribution is -2.41. The van der Waals surface area contributed by atoms with Crippen LogP contribution in [0.25, 0.3) is 11.3 Å². The van der Waals surface area contributed by atoms with Gasteiger partial charge in [0.15, 0.2) is 0 Å². The van der Waals surface area contributed by atoms with E-state index in [0.717, 1.165) is 17.0 Å². The van der Waals surface area contributed by atoms with Crippen molar-refractivity contribution in [3.05, 3.63) is 63.1 Å². The zero-order valence-corrected chi connectivity index (χ0v) is 15.1. The van der Waals surface area contributed by atoms with Gasteiger partial charge in [-0.2, -0.15) is 5.10 Å². The fourth-order valence-electron chi connectivity index (χ4n) is 3.04. The van der Waals surface area contributed by atoms with E-state index in [2.05, 4.69) is 20.4 Å². The molecule has 0 saturated carbocycles. The van der Waals surface area contributed by atoms with Gasteiger partial charge < -0.3 is 10.1 Å². The lowest BCUT2D eigenvalue weighted by Gasteiger charge is -2.20. The quantitative estimate of drug-likeness (QED) is 0.739. The zero-order chi connectivity index (χ0) is 17.9. The lowest BCUT2D eigenvalue weighted by molar-refractivity contribution is 0.181. The summed E-state index contributed by atoms with van der Waals surface area (Å²) >= 11 is 1.63. The molecule has 26 heavy (non-hydrogen) atoms. The number of thiazole rings is 1. The Hall–Kier alpha value is -2.42. The fourth-order valence-corrected chi connectivity index (χ4v) is 3.77. The first-order valence-corrected chi connectivity index (χ1v) is 9.30. The van der Waals surface area contributed by atoms with Crippen molar-refractivity contribution in [2.75, 3.05) is 13.2 Å². The Morgan fingerprint density at radius 2 is 2.12 bits per heavy atom. The zero-order valence-electron chi connectivity index (χ0n) is 14.3. The van der Waals surface area contributed by atoms with Crippen molar-refractivity contribution >= 4 is 11.3 Å². The molecule has 4 rings (SSSR count). The highest BCUT2D eigenvalue weighted by atomic mass is 32.1. The lowest BCUT2D eigenvalue weighted by atomic mass is 10.1. The predicted octanol–water partition coefficient (Wildman–Crippen LogP) is 1.80. The Bertz CT molecular complexity index is 940. The minimum absolute atomic E-state index is 0.0226. The van der Waals surface area contributed by atoms with Crippen LogP contribution in [0.2, 0.25) is 0 Å². The second kappa shape index (κ2) is 7.45. The summed E-state index contributed by atoms with van der Waals surface area (Å²) in [6.07, 6.45) is 3.43. The minimum Gasteiger partial charge on any atom is -0.377 e. The third-order valence-corrected chi connectivity index (χ3v) is 5.47. The van der Waals surface area contributed by atoms with Crippen LogP contribution in [-0.2, 0) is 11.3 Å². The molecule has 1 fully saturated rings. The smallest absolute Gasteiger partial charge is 0.267 e. The number of aromatic nitrogens is 4. The van der Waals surface area contributed by atoms with Gasteiger partial charge in [0.05, 0.1) is 42.2 Å². The van der Waals surface area contributed by atoms with Crippen LogP contribution in [0.3, 0.4) is 0 Å². The van der Waals surface area contributed by atoms with Gasteiger partial charge in [0.1, 0.15) is 0 Å². The van der Waals surface area contributed by atoms with Crippen LogP contribution < -0.4 is 10.9 Å². The number of pyridine rings is 1. The standard InChI is InChI=1S/C18H19N5O2S/c1-12-17(26-11-21-12)8-20-15-9-25-10-16(15)23-18(24)3-2-14(22-23)13-4-6-19-7-5-13/h2-7,11,15-16,20H,8-10H2,1H3. The van der Waals surface area contributed by atoms with Crippen LogP contribution >= 0.6 is 11.3 Å². The molecular weight excluding hydrogens is 350 g/mol. The van der Waals surface area contributed by atoms with Crippen molar-refractivity contribution in [2.45, 2.75) is 25.6 Å². The molecule has 4 heterocycles. The molecule has 7 nitrogen and oxygen atoms in total. The Morgan fingerprint density at radius 3 is 2.88 bits per heavy atom. The summed E-state index contributed by atoms with van der Waals surface area (Å²) in [6.45, 7) is 3.72. The first-order valence-electron chi connectivity index (χ1n) is 8.43. The number of rotatable bonds is 5. The highest BCUT2D eigenvalue weighted by Gasteiger charge is 2.31. The average Bonchev–Trinajstić information content (AvgIpc) is 3.30. The molecular formula is C18H19N5O2S. The molecule has 0 amide bonds. The average molecular weight is 369 g/mol. The first kappa shape index (κ1) is 17.0. The van der Waals surface area contributed by atoms with Gasteiger partial charge in [-0.25, -0.2) is 9.67 Å². The van der Waals surface area contributed by atoms with Gasteiger partial charge in [0, 0.05) is 35.4 Å². The number of nitrogens with one attached hydrogen (secondary N) is 1. The maximum atomic E-state index is 12.4. The SMILES string of the molecule is Cc1ncsc1CNC1COCC1n1nc(-c2ccncc2)ccc1=O. The summed E-state index contributed by atoms with van der Waals surface area (Å²) < 4.78 is 7.18. The minimum atomic E-state index is -0.141. The number of hydrogen-bond acceptors (Lipinski definition) is 7. The summed E-state index contributed by atoms with van der Waals surface area (Å²) in [5, 5.41) is 8.08. The molecule has 8 heteroatoms. The van der Waals surface area contributed by atoms with E-state index >= 15 is 0 Å². The Labute approximate surface area is 154 Å². The van der Waals surface area contributed by atoms with Crippen molar-refractivity contribution in [3.8, 4) is 11.3 Å². The highest BCUT2D eigenvalue weighted by molar-refractivity contribution is 7.09. The first-order chi connectivity index (χ1) is 12.7. The van der Waals surface area contributed by atoms with Crippen molar-refractivity contribution < 1.29 is 4.74 Å². The second-order valence-electron chi connectivity index (χ2n) is 6.19. The Kier molecular flexibility index (Phi) is 4.87. The van der Waals surface area contributed by atoms with E-state index in [1.807, 2.05) is 24.6 Å². The van der Waals surface area contributed by atoms with E-state index < -0.39 is 0 Å². The monoisotopic (exact) mass is 369 g/mol. The number of nitrogens with zero attached hydrogens (tertiary/aromatic N) is 4. The molecule has 3 aromatic heterocycles. The molecule has 1 aliphatic heterocycles. The molecule has 0 spiro atoms. The van der Waals surface area contributed by atoms with Gasteiger partial charge >= 0.3 is 0 Å². The van der Waals surface area contributed by atoms with Crippen molar-refractivity contribution in [2.24, 2.45) is 0 Å². The second-order valence-corrected chi connectivity index (χ2v) is 7.13. The molecule has 3 aromatic rings. The van der Waals surface area contributed by atoms with E-state index in [1.54, 1.807) is 40.5 Å². The van der Waals surface area contributed by atoms with Crippen LogP contribution in [0.1, 0.15) is 16.6 Å².